The van der Waals surface area contributed by atoms with Crippen molar-refractivity contribution in [1.82, 2.24) is 9.13 Å². The maximum Gasteiger partial charge on any atom is 0.0561 e. The Balaban J connectivity index is 1.29. The number of nitrogens with zero attached hydrogens (tertiary/aromatic N) is 2. The Hall–Kier alpha value is -7.07. The average molecular weight is 747 g/mol. The van der Waals surface area contributed by atoms with Gasteiger partial charge >= 0.3 is 0 Å². The van der Waals surface area contributed by atoms with E-state index in [-0.39, 0.29) is 0 Å². The first-order valence-corrected chi connectivity index (χ1v) is 21.1. The van der Waals surface area contributed by atoms with E-state index in [9.17, 15) is 0 Å². The van der Waals surface area contributed by atoms with E-state index in [4.69, 9.17) is 0 Å². The molecule has 0 aliphatic heterocycles. The van der Waals surface area contributed by atoms with Crippen molar-refractivity contribution in [3.05, 3.63) is 231 Å². The fraction of sp³-hybridized carbons (Fsp3) is 0. The van der Waals surface area contributed by atoms with E-state index < -0.39 is 10.0 Å². The number of hydrogen-bond acceptors (Lipinski definition) is 0. The molecule has 11 rings (SSSR count). The molecule has 2 heterocycles. The van der Waals surface area contributed by atoms with Gasteiger partial charge in [0.05, 0.1) is 33.4 Å². The lowest BCUT2D eigenvalue weighted by Crippen LogP contribution is -2.06. The molecule has 0 saturated heterocycles. The zero-order valence-corrected chi connectivity index (χ0v) is 32.1. The maximum absolute atomic E-state index is 2.49. The highest BCUT2D eigenvalue weighted by Gasteiger charge is 2.34. The van der Waals surface area contributed by atoms with Crippen LogP contribution in [0.4, 0.5) is 0 Å². The van der Waals surface area contributed by atoms with Crippen LogP contribution in [0.25, 0.3) is 66.1 Å². The summed E-state index contributed by atoms with van der Waals surface area (Å²) in [5.74, 6) is 0. The first-order chi connectivity index (χ1) is 28.3. The minimum absolute atomic E-state index is 1.14. The molecule has 0 unspecified atom stereocenters. The summed E-state index contributed by atoms with van der Waals surface area (Å²) < 4.78 is 4.96. The maximum atomic E-state index is 2.49. The van der Waals surface area contributed by atoms with Crippen LogP contribution >= 0.6 is 10.0 Å². The third-order valence-electron chi connectivity index (χ3n) is 11.4. The minimum atomic E-state index is -1.93. The Bertz CT molecular complexity index is 2900. The molecule has 0 atom stereocenters. The largest absolute Gasteiger partial charge is 0.309 e. The van der Waals surface area contributed by atoms with Crippen LogP contribution in [0.3, 0.4) is 0 Å². The van der Waals surface area contributed by atoms with E-state index in [2.05, 4.69) is 240 Å². The molecule has 11 aromatic rings. The molecule has 0 aliphatic carbocycles. The highest BCUT2D eigenvalue weighted by atomic mass is 32.3. The van der Waals surface area contributed by atoms with Crippen molar-refractivity contribution in [3.8, 4) is 22.5 Å². The third kappa shape index (κ3) is 5.13. The first-order valence-electron chi connectivity index (χ1n) is 19.5. The van der Waals surface area contributed by atoms with Crippen LogP contribution in [0.15, 0.2) is 250 Å². The van der Waals surface area contributed by atoms with Gasteiger partial charge in [0.25, 0.3) is 0 Å². The molecule has 0 saturated carbocycles. The van der Waals surface area contributed by atoms with Gasteiger partial charge in [0.15, 0.2) is 0 Å². The summed E-state index contributed by atoms with van der Waals surface area (Å²) in [6.45, 7) is 0. The van der Waals surface area contributed by atoms with E-state index in [0.717, 1.165) is 11.4 Å². The highest BCUT2D eigenvalue weighted by molar-refractivity contribution is 8.34. The monoisotopic (exact) mass is 746 g/mol. The molecule has 2 aromatic heterocycles. The number of benzene rings is 9. The molecule has 9 aromatic carbocycles. The zero-order chi connectivity index (χ0) is 37.8. The third-order valence-corrected chi connectivity index (χ3v) is 15.3. The smallest absolute Gasteiger partial charge is 0.0561 e. The van der Waals surface area contributed by atoms with Crippen LogP contribution in [0, 0.1) is 0 Å². The summed E-state index contributed by atoms with van der Waals surface area (Å²) in [5.41, 5.74) is 9.39. The lowest BCUT2D eigenvalue weighted by atomic mass is 10.00. The van der Waals surface area contributed by atoms with E-state index in [0.29, 0.717) is 0 Å². The summed E-state index contributed by atoms with van der Waals surface area (Å²) in [4.78, 5) is 5.20. The second-order valence-corrected chi connectivity index (χ2v) is 17.6. The van der Waals surface area contributed by atoms with Crippen molar-refractivity contribution in [2.24, 2.45) is 0 Å². The standard InChI is InChI=1S/C54H38N2S/c1-4-21-40(22-5-1)57(41-23-6-2-7-24-41,42-25-8-3-9-26-42)43-27-18-20-39(38-43)54-52(55-48-32-14-10-28-44(48)45-29-11-15-33-49(45)55)36-19-37-53(54)56-50-34-16-12-30-46(50)47-31-13-17-35-51(47)56/h1-38H. The fourth-order valence-electron chi connectivity index (χ4n) is 9.09. The van der Waals surface area contributed by atoms with Crippen molar-refractivity contribution in [2.75, 3.05) is 0 Å². The van der Waals surface area contributed by atoms with Gasteiger partial charge in [-0.2, -0.15) is 0 Å². The molecule has 0 bridgehead atoms. The van der Waals surface area contributed by atoms with Crippen LogP contribution in [0.5, 0.6) is 0 Å². The summed E-state index contributed by atoms with van der Waals surface area (Å²) >= 11 is 0. The Morgan fingerprint density at radius 2 is 0.579 bits per heavy atom. The van der Waals surface area contributed by atoms with Crippen LogP contribution in [0.2, 0.25) is 0 Å². The van der Waals surface area contributed by atoms with Gasteiger partial charge in [-0.3, -0.25) is 0 Å². The number of para-hydroxylation sites is 4. The molecule has 0 N–H and O–H groups in total. The molecule has 0 fully saturated rings. The molecule has 0 radical (unpaired) electrons. The Morgan fingerprint density at radius 1 is 0.263 bits per heavy atom. The van der Waals surface area contributed by atoms with Crippen molar-refractivity contribution in [3.63, 3.8) is 0 Å². The SMILES string of the molecule is c1ccc(S(c2ccccc2)(c2ccccc2)c2cccc(-c3c(-n4c5ccccc5c5ccccc54)cccc3-n3c4ccccc4c4ccccc43)c2)cc1. The van der Waals surface area contributed by atoms with Crippen molar-refractivity contribution in [2.45, 2.75) is 19.6 Å². The van der Waals surface area contributed by atoms with Crippen molar-refractivity contribution in [1.29, 1.82) is 0 Å². The molecule has 0 amide bonds. The van der Waals surface area contributed by atoms with Crippen LogP contribution in [-0.4, -0.2) is 9.13 Å². The number of fused-ring (bicyclic) bond motifs is 6. The summed E-state index contributed by atoms with van der Waals surface area (Å²) in [7, 11) is -1.93. The molecule has 57 heavy (non-hydrogen) atoms. The number of hydrogen-bond donors (Lipinski definition) is 0. The molecule has 270 valence electrons. The zero-order valence-electron chi connectivity index (χ0n) is 31.2. The summed E-state index contributed by atoms with van der Waals surface area (Å²) in [6, 6.07) is 85.0. The van der Waals surface area contributed by atoms with Crippen molar-refractivity contribution < 1.29 is 0 Å². The molecular formula is C54H38N2S. The lowest BCUT2D eigenvalue weighted by Gasteiger charge is -2.42. The Morgan fingerprint density at radius 3 is 0.965 bits per heavy atom. The second-order valence-electron chi connectivity index (χ2n) is 14.5. The predicted octanol–water partition coefficient (Wildman–Crippen LogP) is 14.9. The predicted molar refractivity (Wildman–Crippen MR) is 241 cm³/mol. The van der Waals surface area contributed by atoms with E-state index in [1.807, 2.05) is 0 Å². The van der Waals surface area contributed by atoms with Gasteiger partial charge in [-0.1, -0.05) is 146 Å². The number of rotatable bonds is 7. The molecule has 0 spiro atoms. The average Bonchev–Trinajstić information content (AvgIpc) is 3.81. The van der Waals surface area contributed by atoms with Gasteiger partial charge in [-0.15, -0.1) is 10.0 Å². The van der Waals surface area contributed by atoms with Gasteiger partial charge in [-0.05, 0) is 90.5 Å². The summed E-state index contributed by atoms with van der Waals surface area (Å²) in [5, 5.41) is 4.98. The van der Waals surface area contributed by atoms with E-state index in [1.165, 1.54) is 74.3 Å². The van der Waals surface area contributed by atoms with Crippen LogP contribution < -0.4 is 0 Å². The highest BCUT2D eigenvalue weighted by Crippen LogP contribution is 2.73. The van der Waals surface area contributed by atoms with Gasteiger partial charge in [0.1, 0.15) is 0 Å². The van der Waals surface area contributed by atoms with Crippen LogP contribution in [-0.2, 0) is 0 Å². The van der Waals surface area contributed by atoms with E-state index in [1.54, 1.807) is 0 Å². The lowest BCUT2D eigenvalue weighted by molar-refractivity contribution is 1.13. The van der Waals surface area contributed by atoms with Gasteiger partial charge < -0.3 is 9.13 Å². The Labute approximate surface area is 333 Å². The molecule has 3 heteroatoms. The van der Waals surface area contributed by atoms with Crippen LogP contribution in [0.1, 0.15) is 0 Å². The van der Waals surface area contributed by atoms with Crippen molar-refractivity contribution >= 4 is 53.6 Å². The normalized spacial score (nSPS) is 12.1. The topological polar surface area (TPSA) is 9.86 Å². The fourth-order valence-corrected chi connectivity index (χ4v) is 13.0. The molecular weight excluding hydrogens is 709 g/mol. The summed E-state index contributed by atoms with van der Waals surface area (Å²) in [6.07, 6.45) is 0. The Kier molecular flexibility index (Phi) is 7.94. The van der Waals surface area contributed by atoms with E-state index >= 15 is 0 Å². The minimum Gasteiger partial charge on any atom is -0.309 e. The van der Waals surface area contributed by atoms with Gasteiger partial charge in [0, 0.05) is 46.7 Å². The molecule has 2 nitrogen and oxygen atoms in total. The number of aromatic nitrogens is 2. The van der Waals surface area contributed by atoms with Gasteiger partial charge in [-0.25, -0.2) is 0 Å². The quantitative estimate of drug-likeness (QED) is 0.154. The second kappa shape index (κ2) is 13.6. The molecule has 0 aliphatic rings. The first kappa shape index (κ1) is 33.3. The van der Waals surface area contributed by atoms with Gasteiger partial charge in [0.2, 0.25) is 0 Å².